The summed E-state index contributed by atoms with van der Waals surface area (Å²) in [4.78, 5) is 13.0. The number of hydrogen-bond donors (Lipinski definition) is 6. The molecule has 1 fully saturated rings. The molecule has 1 amide bonds. The zero-order valence-electron chi connectivity index (χ0n) is 41.8. The highest BCUT2D eigenvalue weighted by Gasteiger charge is 2.44. The molecule has 0 aromatic carbocycles. The van der Waals surface area contributed by atoms with Gasteiger partial charge in [0.1, 0.15) is 24.4 Å². The molecule has 0 saturated carbocycles. The third-order valence-corrected chi connectivity index (χ3v) is 13.3. The molecule has 9 heteroatoms. The number of aliphatic hydroxyl groups is 5. The van der Waals surface area contributed by atoms with Gasteiger partial charge in [0.25, 0.3) is 0 Å². The summed E-state index contributed by atoms with van der Waals surface area (Å²) in [6.07, 6.45) is 49.5. The third-order valence-electron chi connectivity index (χ3n) is 13.3. The van der Waals surface area contributed by atoms with Gasteiger partial charge in [0.05, 0.1) is 25.4 Å². The van der Waals surface area contributed by atoms with E-state index in [1.165, 1.54) is 205 Å². The zero-order valence-corrected chi connectivity index (χ0v) is 41.8. The molecular formula is C55H105NO8. The molecule has 6 N–H and O–H groups in total. The van der Waals surface area contributed by atoms with Crippen LogP contribution in [-0.2, 0) is 14.3 Å². The maximum Gasteiger partial charge on any atom is 0.220 e. The van der Waals surface area contributed by atoms with E-state index >= 15 is 0 Å². The van der Waals surface area contributed by atoms with Crippen LogP contribution in [0, 0.1) is 0 Å². The molecule has 9 nitrogen and oxygen atoms in total. The lowest BCUT2D eigenvalue weighted by Crippen LogP contribution is -2.60. The summed E-state index contributed by atoms with van der Waals surface area (Å²) in [7, 11) is 0. The Labute approximate surface area is 394 Å². The molecule has 1 saturated heterocycles. The predicted molar refractivity (Wildman–Crippen MR) is 267 cm³/mol. The average Bonchev–Trinajstić information content (AvgIpc) is 3.29. The van der Waals surface area contributed by atoms with E-state index in [4.69, 9.17) is 9.47 Å². The quantitative estimate of drug-likeness (QED) is 0.0261. The Morgan fingerprint density at radius 3 is 1.27 bits per heavy atom. The van der Waals surface area contributed by atoms with Crippen LogP contribution < -0.4 is 5.32 Å². The number of allylic oxidation sites excluding steroid dienone is 3. The van der Waals surface area contributed by atoms with Crippen LogP contribution in [0.15, 0.2) is 24.3 Å². The highest BCUT2D eigenvalue weighted by atomic mass is 16.7. The van der Waals surface area contributed by atoms with E-state index in [9.17, 15) is 30.3 Å². The van der Waals surface area contributed by atoms with E-state index in [1.54, 1.807) is 6.08 Å². The molecule has 7 unspecified atom stereocenters. The number of nitrogens with one attached hydrogen (secondary N) is 1. The van der Waals surface area contributed by atoms with E-state index in [-0.39, 0.29) is 12.5 Å². The number of carbonyl (C=O) groups excluding carboxylic acids is 1. The summed E-state index contributed by atoms with van der Waals surface area (Å²) in [5.41, 5.74) is 0. The van der Waals surface area contributed by atoms with Gasteiger partial charge in [-0.1, -0.05) is 237 Å². The van der Waals surface area contributed by atoms with Gasteiger partial charge in [-0.15, -0.1) is 0 Å². The topological polar surface area (TPSA) is 149 Å². The molecule has 0 bridgehead atoms. The minimum absolute atomic E-state index is 0.174. The molecular weight excluding hydrogens is 803 g/mol. The molecule has 1 aliphatic rings. The van der Waals surface area contributed by atoms with Crippen LogP contribution in [0.1, 0.15) is 264 Å². The van der Waals surface area contributed by atoms with Crippen LogP contribution in [0.25, 0.3) is 0 Å². The van der Waals surface area contributed by atoms with Crippen LogP contribution in [0.2, 0.25) is 0 Å². The molecule has 0 spiro atoms. The molecule has 7 atom stereocenters. The van der Waals surface area contributed by atoms with Crippen molar-refractivity contribution in [2.24, 2.45) is 0 Å². The Morgan fingerprint density at radius 1 is 0.516 bits per heavy atom. The summed E-state index contributed by atoms with van der Waals surface area (Å²) in [5, 5.41) is 54.4. The Balaban J connectivity index is 2.22. The van der Waals surface area contributed by atoms with Crippen LogP contribution >= 0.6 is 0 Å². The smallest absolute Gasteiger partial charge is 0.220 e. The first kappa shape index (κ1) is 60.7. The van der Waals surface area contributed by atoms with Gasteiger partial charge in [0.15, 0.2) is 6.29 Å². The van der Waals surface area contributed by atoms with Gasteiger partial charge in [0, 0.05) is 6.42 Å². The van der Waals surface area contributed by atoms with Crippen LogP contribution in [-0.4, -0.2) is 87.5 Å². The second kappa shape index (κ2) is 45.5. The van der Waals surface area contributed by atoms with Crippen molar-refractivity contribution in [3.8, 4) is 0 Å². The first-order valence-electron chi connectivity index (χ1n) is 27.6. The average molecular weight is 908 g/mol. The molecule has 378 valence electrons. The number of carbonyl (C=O) groups is 1. The Hall–Kier alpha value is -1.33. The van der Waals surface area contributed by atoms with Gasteiger partial charge >= 0.3 is 0 Å². The van der Waals surface area contributed by atoms with E-state index in [2.05, 4.69) is 31.3 Å². The third kappa shape index (κ3) is 34.9. The summed E-state index contributed by atoms with van der Waals surface area (Å²) in [6.45, 7) is 3.80. The van der Waals surface area contributed by atoms with Crippen molar-refractivity contribution in [2.45, 2.75) is 307 Å². The molecule has 64 heavy (non-hydrogen) atoms. The maximum absolute atomic E-state index is 13.0. The maximum atomic E-state index is 13.0. The van der Waals surface area contributed by atoms with Crippen LogP contribution in [0.4, 0.5) is 0 Å². The van der Waals surface area contributed by atoms with Gasteiger partial charge in [-0.3, -0.25) is 4.79 Å². The number of unbranched alkanes of at least 4 members (excludes halogenated alkanes) is 35. The first-order valence-corrected chi connectivity index (χ1v) is 27.6. The zero-order chi connectivity index (χ0) is 46.6. The summed E-state index contributed by atoms with van der Waals surface area (Å²) >= 11 is 0. The van der Waals surface area contributed by atoms with Crippen molar-refractivity contribution in [2.75, 3.05) is 13.2 Å². The van der Waals surface area contributed by atoms with Gasteiger partial charge in [-0.05, 0) is 44.9 Å². The highest BCUT2D eigenvalue weighted by Crippen LogP contribution is 2.23. The SMILES string of the molecule is CCCCCCCCCC/C=C\CCCCCCCCCCCCCCCC(=O)NC(COC1OC(CO)C(O)C(O)C1O)C(O)/C=C/CCCCCCCCCCCCCCCC. The van der Waals surface area contributed by atoms with Crippen molar-refractivity contribution >= 4 is 5.91 Å². The second-order valence-electron chi connectivity index (χ2n) is 19.4. The highest BCUT2D eigenvalue weighted by molar-refractivity contribution is 5.76. The van der Waals surface area contributed by atoms with Gasteiger partial charge < -0.3 is 40.3 Å². The van der Waals surface area contributed by atoms with E-state index in [1.807, 2.05) is 6.08 Å². The normalized spacial score (nSPS) is 20.1. The molecule has 0 aromatic heterocycles. The standard InChI is InChI=1S/C55H105NO8/c1-3-5-7-9-11-13-15-17-19-21-22-23-24-25-26-27-28-29-31-33-35-37-39-41-43-45-51(59)56-48(47-63-55-54(62)53(61)52(60)50(46-57)64-55)49(58)44-42-40-38-36-34-32-30-20-18-16-14-12-10-8-6-4-2/h21-22,42,44,48-50,52-55,57-58,60-62H,3-20,23-41,43,45-47H2,1-2H3,(H,56,59)/b22-21-,44-42+. The minimum Gasteiger partial charge on any atom is -0.394 e. The number of rotatable bonds is 47. The van der Waals surface area contributed by atoms with Crippen LogP contribution in [0.3, 0.4) is 0 Å². The van der Waals surface area contributed by atoms with Gasteiger partial charge in [-0.25, -0.2) is 0 Å². The van der Waals surface area contributed by atoms with E-state index < -0.39 is 49.5 Å². The first-order chi connectivity index (χ1) is 31.3. The van der Waals surface area contributed by atoms with Crippen molar-refractivity contribution in [3.05, 3.63) is 24.3 Å². The lowest BCUT2D eigenvalue weighted by atomic mass is 9.99. The second-order valence-corrected chi connectivity index (χ2v) is 19.4. The fourth-order valence-corrected chi connectivity index (χ4v) is 8.86. The Morgan fingerprint density at radius 2 is 0.875 bits per heavy atom. The minimum atomic E-state index is -1.56. The van der Waals surface area contributed by atoms with Gasteiger partial charge in [-0.2, -0.15) is 0 Å². The fourth-order valence-electron chi connectivity index (χ4n) is 8.86. The summed E-state index contributed by atoms with van der Waals surface area (Å²) < 4.78 is 11.3. The Bertz CT molecular complexity index is 1060. The van der Waals surface area contributed by atoms with E-state index in [0.29, 0.717) is 6.42 Å². The molecule has 1 heterocycles. The van der Waals surface area contributed by atoms with Crippen molar-refractivity contribution < 1.29 is 39.8 Å². The summed E-state index contributed by atoms with van der Waals surface area (Å²) in [6, 6.07) is -0.802. The largest absolute Gasteiger partial charge is 0.394 e. The number of aliphatic hydroxyl groups excluding tert-OH is 5. The summed E-state index contributed by atoms with van der Waals surface area (Å²) in [5.74, 6) is -0.174. The molecule has 1 aliphatic heterocycles. The van der Waals surface area contributed by atoms with Crippen LogP contribution in [0.5, 0.6) is 0 Å². The lowest BCUT2D eigenvalue weighted by molar-refractivity contribution is -0.302. The predicted octanol–water partition coefficient (Wildman–Crippen LogP) is 13.0. The number of hydrogen-bond acceptors (Lipinski definition) is 8. The van der Waals surface area contributed by atoms with Crippen molar-refractivity contribution in [1.82, 2.24) is 5.32 Å². The number of amides is 1. The number of ether oxygens (including phenoxy) is 2. The Kier molecular flexibility index (Phi) is 43.1. The molecule has 1 rings (SSSR count). The van der Waals surface area contributed by atoms with Crippen molar-refractivity contribution in [1.29, 1.82) is 0 Å². The molecule has 0 aromatic rings. The molecule has 0 radical (unpaired) electrons. The monoisotopic (exact) mass is 908 g/mol. The van der Waals surface area contributed by atoms with Crippen molar-refractivity contribution in [3.63, 3.8) is 0 Å². The molecule has 0 aliphatic carbocycles. The van der Waals surface area contributed by atoms with Gasteiger partial charge in [0.2, 0.25) is 5.91 Å². The van der Waals surface area contributed by atoms with E-state index in [0.717, 1.165) is 38.5 Å². The fraction of sp³-hybridized carbons (Fsp3) is 0.909. The lowest BCUT2D eigenvalue weighted by Gasteiger charge is -2.40.